The van der Waals surface area contributed by atoms with E-state index in [4.69, 9.17) is 0 Å². The fourth-order valence-electron chi connectivity index (χ4n) is 3.34. The summed E-state index contributed by atoms with van der Waals surface area (Å²) in [5.41, 5.74) is 1.79. The van der Waals surface area contributed by atoms with Crippen LogP contribution in [0.3, 0.4) is 0 Å². The normalized spacial score (nSPS) is 10.7. The van der Waals surface area contributed by atoms with Gasteiger partial charge in [0.05, 0.1) is 10.5 Å². The van der Waals surface area contributed by atoms with E-state index < -0.39 is 4.92 Å². The Kier molecular flexibility index (Phi) is 4.22. The lowest BCUT2D eigenvalue weighted by Gasteiger charge is -2.13. The molecule has 27 heavy (non-hydrogen) atoms. The molecule has 0 N–H and O–H groups in total. The first-order valence-electron chi connectivity index (χ1n) is 8.52. The monoisotopic (exact) mass is 353 g/mol. The van der Waals surface area contributed by atoms with Crippen molar-refractivity contribution >= 4 is 22.2 Å². The largest absolute Gasteiger partial charge is 0.289 e. The van der Waals surface area contributed by atoms with Crippen molar-refractivity contribution in [3.8, 4) is 11.1 Å². The lowest BCUT2D eigenvalue weighted by Crippen LogP contribution is -2.07. The van der Waals surface area contributed by atoms with Crippen molar-refractivity contribution in [3.05, 3.63) is 112 Å². The van der Waals surface area contributed by atoms with Crippen molar-refractivity contribution in [1.29, 1.82) is 0 Å². The summed E-state index contributed by atoms with van der Waals surface area (Å²) in [6.45, 7) is 0. The summed E-state index contributed by atoms with van der Waals surface area (Å²) in [6, 6.07) is 26.7. The molecule has 4 nitrogen and oxygen atoms in total. The van der Waals surface area contributed by atoms with Gasteiger partial charge in [-0.25, -0.2) is 0 Å². The molecule has 4 aromatic carbocycles. The first-order valence-corrected chi connectivity index (χ1v) is 8.52. The molecule has 0 saturated carbocycles. The molecule has 0 fully saturated rings. The standard InChI is InChI=1S/C23H15NO3/c25-23(17-11-5-2-6-12-17)22-19-14-8-7-13-18(19)15-20(24(26)27)21(22)16-9-3-1-4-10-16/h1-15H. The second-order valence-electron chi connectivity index (χ2n) is 6.19. The van der Waals surface area contributed by atoms with E-state index in [1.54, 1.807) is 48.5 Å². The van der Waals surface area contributed by atoms with Crippen molar-refractivity contribution in [2.45, 2.75) is 0 Å². The van der Waals surface area contributed by atoms with Crippen molar-refractivity contribution in [1.82, 2.24) is 0 Å². The third-order valence-electron chi connectivity index (χ3n) is 4.55. The lowest BCUT2D eigenvalue weighted by atomic mass is 9.88. The highest BCUT2D eigenvalue weighted by atomic mass is 16.6. The summed E-state index contributed by atoms with van der Waals surface area (Å²) in [6.07, 6.45) is 0. The Labute approximate surface area is 155 Å². The molecule has 0 bridgehead atoms. The Bertz CT molecular complexity index is 1150. The predicted molar refractivity (Wildman–Crippen MR) is 106 cm³/mol. The van der Waals surface area contributed by atoms with Gasteiger partial charge in [-0.05, 0) is 16.3 Å². The minimum absolute atomic E-state index is 0.0702. The van der Waals surface area contributed by atoms with Crippen LogP contribution in [0, 0.1) is 10.1 Å². The maximum atomic E-state index is 13.4. The summed E-state index contributed by atoms with van der Waals surface area (Å²) < 4.78 is 0. The van der Waals surface area contributed by atoms with E-state index in [1.807, 2.05) is 42.5 Å². The van der Waals surface area contributed by atoms with Gasteiger partial charge in [0.25, 0.3) is 5.69 Å². The molecule has 0 aromatic heterocycles. The lowest BCUT2D eigenvalue weighted by molar-refractivity contribution is -0.384. The van der Waals surface area contributed by atoms with Crippen LogP contribution in [0.1, 0.15) is 15.9 Å². The van der Waals surface area contributed by atoms with Crippen LogP contribution in [0.15, 0.2) is 91.0 Å². The van der Waals surface area contributed by atoms with E-state index in [-0.39, 0.29) is 11.5 Å². The molecule has 0 unspecified atom stereocenters. The van der Waals surface area contributed by atoms with E-state index in [1.165, 1.54) is 0 Å². The molecule has 0 saturated heterocycles. The molecule has 0 atom stereocenters. The van der Waals surface area contributed by atoms with Crippen molar-refractivity contribution in [2.24, 2.45) is 0 Å². The van der Waals surface area contributed by atoms with Gasteiger partial charge in [0.15, 0.2) is 5.78 Å². The van der Waals surface area contributed by atoms with Crippen LogP contribution >= 0.6 is 0 Å². The van der Waals surface area contributed by atoms with Gasteiger partial charge < -0.3 is 0 Å². The number of carbonyl (C=O) groups excluding carboxylic acids is 1. The summed E-state index contributed by atoms with van der Waals surface area (Å²) >= 11 is 0. The number of fused-ring (bicyclic) bond motifs is 1. The van der Waals surface area contributed by atoms with Crippen molar-refractivity contribution in [3.63, 3.8) is 0 Å². The number of hydrogen-bond donors (Lipinski definition) is 0. The smallest absolute Gasteiger partial charge is 0.278 e. The highest BCUT2D eigenvalue weighted by Crippen LogP contribution is 2.39. The summed E-state index contributed by atoms with van der Waals surface area (Å²) in [5, 5.41) is 13.2. The third-order valence-corrected chi connectivity index (χ3v) is 4.55. The number of nitro groups is 1. The van der Waals surface area contributed by atoms with Crippen LogP contribution in [-0.4, -0.2) is 10.7 Å². The fraction of sp³-hybridized carbons (Fsp3) is 0. The summed E-state index contributed by atoms with van der Waals surface area (Å²) in [4.78, 5) is 24.8. The number of benzene rings is 4. The Hall–Kier alpha value is -3.79. The average molecular weight is 353 g/mol. The minimum Gasteiger partial charge on any atom is -0.289 e. The van der Waals surface area contributed by atoms with Crippen LogP contribution in [0.5, 0.6) is 0 Å². The van der Waals surface area contributed by atoms with Crippen LogP contribution in [0.25, 0.3) is 21.9 Å². The Morgan fingerprint density at radius 3 is 2.04 bits per heavy atom. The van der Waals surface area contributed by atoms with Gasteiger partial charge in [0, 0.05) is 17.2 Å². The molecule has 0 radical (unpaired) electrons. The zero-order valence-corrected chi connectivity index (χ0v) is 14.3. The second kappa shape index (κ2) is 6.84. The number of nitro benzene ring substituents is 1. The topological polar surface area (TPSA) is 60.2 Å². The Morgan fingerprint density at radius 1 is 0.778 bits per heavy atom. The van der Waals surface area contributed by atoms with E-state index >= 15 is 0 Å². The highest BCUT2D eigenvalue weighted by Gasteiger charge is 2.26. The second-order valence-corrected chi connectivity index (χ2v) is 6.19. The van der Waals surface area contributed by atoms with E-state index in [0.29, 0.717) is 33.0 Å². The van der Waals surface area contributed by atoms with Gasteiger partial charge >= 0.3 is 0 Å². The minimum atomic E-state index is -0.420. The Morgan fingerprint density at radius 2 is 1.37 bits per heavy atom. The molecule has 4 rings (SSSR count). The van der Waals surface area contributed by atoms with Gasteiger partial charge in [-0.1, -0.05) is 84.9 Å². The van der Waals surface area contributed by atoms with Gasteiger partial charge in [-0.15, -0.1) is 0 Å². The molecule has 130 valence electrons. The van der Waals surface area contributed by atoms with Crippen LogP contribution < -0.4 is 0 Å². The molecular formula is C23H15NO3. The molecule has 0 spiro atoms. The van der Waals surface area contributed by atoms with Crippen LogP contribution in [0.2, 0.25) is 0 Å². The van der Waals surface area contributed by atoms with E-state index in [9.17, 15) is 14.9 Å². The van der Waals surface area contributed by atoms with Crippen molar-refractivity contribution < 1.29 is 9.72 Å². The molecule has 0 aliphatic carbocycles. The number of hydrogen-bond acceptors (Lipinski definition) is 3. The molecule has 4 heteroatoms. The molecule has 0 aliphatic heterocycles. The first kappa shape index (κ1) is 16.7. The molecule has 0 amide bonds. The maximum Gasteiger partial charge on any atom is 0.278 e. The van der Waals surface area contributed by atoms with Gasteiger partial charge in [-0.2, -0.15) is 0 Å². The predicted octanol–water partition coefficient (Wildman–Crippen LogP) is 5.65. The highest BCUT2D eigenvalue weighted by molar-refractivity contribution is 6.21. The maximum absolute atomic E-state index is 13.4. The quantitative estimate of drug-likeness (QED) is 0.271. The average Bonchev–Trinajstić information content (AvgIpc) is 2.73. The van der Waals surface area contributed by atoms with E-state index in [2.05, 4.69) is 0 Å². The number of carbonyl (C=O) groups is 1. The van der Waals surface area contributed by atoms with Gasteiger partial charge in [-0.3, -0.25) is 14.9 Å². The third kappa shape index (κ3) is 2.98. The molecular weight excluding hydrogens is 338 g/mol. The fourth-order valence-corrected chi connectivity index (χ4v) is 3.34. The van der Waals surface area contributed by atoms with Gasteiger partial charge in [0.1, 0.15) is 0 Å². The van der Waals surface area contributed by atoms with Crippen LogP contribution in [0.4, 0.5) is 5.69 Å². The molecule has 0 aliphatic rings. The van der Waals surface area contributed by atoms with Crippen LogP contribution in [-0.2, 0) is 0 Å². The number of rotatable bonds is 4. The summed E-state index contributed by atoms with van der Waals surface area (Å²) in [7, 11) is 0. The molecule has 0 heterocycles. The SMILES string of the molecule is O=C(c1ccccc1)c1c(-c2ccccc2)c([N+](=O)[O-])cc2ccccc12. The summed E-state index contributed by atoms with van der Waals surface area (Å²) in [5.74, 6) is -0.227. The number of ketones is 1. The van der Waals surface area contributed by atoms with Crippen molar-refractivity contribution in [2.75, 3.05) is 0 Å². The zero-order valence-electron chi connectivity index (χ0n) is 14.3. The first-order chi connectivity index (χ1) is 13.2. The van der Waals surface area contributed by atoms with E-state index in [0.717, 1.165) is 0 Å². The molecule has 4 aromatic rings. The zero-order chi connectivity index (χ0) is 18.8. The Balaban J connectivity index is 2.14. The number of nitrogens with zero attached hydrogens (tertiary/aromatic N) is 1. The van der Waals surface area contributed by atoms with Gasteiger partial charge in [0.2, 0.25) is 0 Å².